The van der Waals surface area contributed by atoms with Crippen LogP contribution in [-0.4, -0.2) is 56.5 Å². The molecule has 0 spiro atoms. The predicted octanol–water partition coefficient (Wildman–Crippen LogP) is -0.271. The van der Waals surface area contributed by atoms with Crippen molar-refractivity contribution in [3.63, 3.8) is 0 Å². The van der Waals surface area contributed by atoms with E-state index >= 15 is 0 Å². The molecule has 9 nitrogen and oxygen atoms in total. The zero-order valence-electron chi connectivity index (χ0n) is 19.9. The van der Waals surface area contributed by atoms with E-state index in [1.807, 2.05) is 0 Å². The largest absolute Gasteiger partial charge is 1.00 e. The Bertz CT molecular complexity index is 720. The quantitative estimate of drug-likeness (QED) is 0.0825. The number of ether oxygens (including phenoxy) is 3. The van der Waals surface area contributed by atoms with Crippen LogP contribution in [0.4, 0.5) is 0 Å². The molecule has 0 aromatic carbocycles. The van der Waals surface area contributed by atoms with E-state index in [1.54, 1.807) is 6.92 Å². The van der Waals surface area contributed by atoms with Crippen molar-refractivity contribution in [2.75, 3.05) is 25.6 Å². The molecule has 0 amide bonds. The summed E-state index contributed by atoms with van der Waals surface area (Å²) in [6.45, 7) is 11.0. The first kappa shape index (κ1) is 32.6. The van der Waals surface area contributed by atoms with Crippen LogP contribution in [-0.2, 0) is 38.7 Å². The fourth-order valence-electron chi connectivity index (χ4n) is 2.22. The van der Waals surface area contributed by atoms with E-state index in [0.29, 0.717) is 25.7 Å². The fourth-order valence-corrected chi connectivity index (χ4v) is 2.79. The topological polar surface area (TPSA) is 133 Å². The second kappa shape index (κ2) is 16.1. The molecule has 0 radical (unpaired) electrons. The van der Waals surface area contributed by atoms with Gasteiger partial charge in [-0.25, -0.2) is 9.59 Å². The van der Waals surface area contributed by atoms with E-state index in [-0.39, 0.29) is 96.0 Å². The molecule has 0 aromatic heterocycles. The van der Waals surface area contributed by atoms with Gasteiger partial charge in [-0.3, -0.25) is 9.35 Å². The molecule has 0 unspecified atom stereocenters. The Labute approximate surface area is 228 Å². The molecule has 11 heteroatoms. The van der Waals surface area contributed by atoms with Gasteiger partial charge in [0, 0.05) is 11.1 Å². The minimum absolute atomic E-state index is 0. The minimum Gasteiger partial charge on any atom is -1.00 e. The number of carbonyl (C=O) groups is 3. The maximum Gasteiger partial charge on any atom is 1.00 e. The smallest absolute Gasteiger partial charge is 1.00 e. The van der Waals surface area contributed by atoms with Crippen molar-refractivity contribution in [3.8, 4) is 0 Å². The van der Waals surface area contributed by atoms with Crippen LogP contribution in [0.2, 0.25) is 0 Å². The van der Waals surface area contributed by atoms with E-state index < -0.39 is 33.4 Å². The summed E-state index contributed by atoms with van der Waals surface area (Å²) in [4.78, 5) is 36.2. The average molecular weight is 489 g/mol. The SMILES string of the molecule is C=C(C)C(=O)OCC(CC)(COC(=O)C(=C)C)C(=O)OCCCCCCS(=O)(=O)O.[H-].[K+]. The maximum atomic E-state index is 12.7. The number of hydrogen-bond donors (Lipinski definition) is 1. The third-order valence-electron chi connectivity index (χ3n) is 4.30. The molecule has 1 N–H and O–H groups in total. The van der Waals surface area contributed by atoms with Crippen molar-refractivity contribution in [1.29, 1.82) is 0 Å². The molecule has 0 aliphatic rings. The average Bonchev–Trinajstić information content (AvgIpc) is 2.65. The van der Waals surface area contributed by atoms with E-state index in [0.717, 1.165) is 0 Å². The van der Waals surface area contributed by atoms with Gasteiger partial charge in [0.1, 0.15) is 18.6 Å². The normalized spacial score (nSPS) is 11.1. The van der Waals surface area contributed by atoms with Crippen molar-refractivity contribution >= 4 is 28.0 Å². The Hall–Kier alpha value is -0.564. The van der Waals surface area contributed by atoms with E-state index in [2.05, 4.69) is 13.2 Å². The van der Waals surface area contributed by atoms with Crippen molar-refractivity contribution in [2.24, 2.45) is 5.41 Å². The second-order valence-corrected chi connectivity index (χ2v) is 8.76. The maximum absolute atomic E-state index is 12.7. The first-order valence-electron chi connectivity index (χ1n) is 9.62. The summed E-state index contributed by atoms with van der Waals surface area (Å²) in [5.74, 6) is -2.34. The van der Waals surface area contributed by atoms with Crippen molar-refractivity contribution in [1.82, 2.24) is 0 Å². The van der Waals surface area contributed by atoms with E-state index in [1.165, 1.54) is 13.8 Å². The number of esters is 3. The molecule has 0 saturated carbocycles. The van der Waals surface area contributed by atoms with Gasteiger partial charge in [-0.2, -0.15) is 8.42 Å². The predicted molar refractivity (Wildman–Crippen MR) is 111 cm³/mol. The van der Waals surface area contributed by atoms with Gasteiger partial charge in [0.2, 0.25) is 0 Å². The molecular formula is C20H33KO9S. The van der Waals surface area contributed by atoms with Crippen molar-refractivity contribution < 1.29 is 94.4 Å². The zero-order valence-corrected chi connectivity index (χ0v) is 22.8. The van der Waals surface area contributed by atoms with Gasteiger partial charge in [0.25, 0.3) is 10.1 Å². The van der Waals surface area contributed by atoms with Gasteiger partial charge in [-0.05, 0) is 33.1 Å². The summed E-state index contributed by atoms with van der Waals surface area (Å²) in [6.07, 6.45) is 2.11. The molecule has 0 aromatic rings. The molecule has 0 fully saturated rings. The van der Waals surface area contributed by atoms with Gasteiger partial charge in [0.05, 0.1) is 12.4 Å². The van der Waals surface area contributed by atoms with Gasteiger partial charge in [-0.15, -0.1) is 0 Å². The minimum atomic E-state index is -3.97. The van der Waals surface area contributed by atoms with Crippen LogP contribution in [0.25, 0.3) is 0 Å². The van der Waals surface area contributed by atoms with Crippen LogP contribution in [0.1, 0.15) is 54.3 Å². The molecule has 0 heterocycles. The summed E-state index contributed by atoms with van der Waals surface area (Å²) in [6, 6.07) is 0. The van der Waals surface area contributed by atoms with Gasteiger partial charge < -0.3 is 15.6 Å². The second-order valence-electron chi connectivity index (χ2n) is 7.18. The summed E-state index contributed by atoms with van der Waals surface area (Å²) >= 11 is 0. The van der Waals surface area contributed by atoms with Crippen LogP contribution in [0, 0.1) is 5.41 Å². The van der Waals surface area contributed by atoms with Crippen LogP contribution < -0.4 is 51.4 Å². The Morgan fingerprint density at radius 1 is 0.903 bits per heavy atom. The van der Waals surface area contributed by atoms with E-state index in [9.17, 15) is 22.8 Å². The third kappa shape index (κ3) is 14.2. The molecule has 0 aliphatic heterocycles. The molecule has 0 aliphatic carbocycles. The molecule has 174 valence electrons. The standard InChI is InChI=1S/C20H32O9S.K.H/c1-6-20(13-28-17(21)15(2)3,14-29-18(22)16(4)5)19(23)27-11-9-7-8-10-12-30(24,25)26;;/h2,4,6-14H2,1,3,5H3,(H,24,25,26);;/q;+1;-1. The van der Waals surface area contributed by atoms with Crippen LogP contribution in [0.3, 0.4) is 0 Å². The van der Waals surface area contributed by atoms with Crippen LogP contribution in [0.15, 0.2) is 24.3 Å². The zero-order chi connectivity index (χ0) is 23.4. The molecule has 0 rings (SSSR count). The number of unbranched alkanes of at least 4 members (excludes halogenated alkanes) is 3. The Balaban J connectivity index is -0.00000420. The summed E-state index contributed by atoms with van der Waals surface area (Å²) in [5.41, 5.74) is -1.05. The summed E-state index contributed by atoms with van der Waals surface area (Å²) in [5, 5.41) is 0. The number of hydrogen-bond acceptors (Lipinski definition) is 8. The van der Waals surface area contributed by atoms with Crippen LogP contribution >= 0.6 is 0 Å². The monoisotopic (exact) mass is 488 g/mol. The van der Waals surface area contributed by atoms with Gasteiger partial charge in [0.15, 0.2) is 0 Å². The Morgan fingerprint density at radius 3 is 1.74 bits per heavy atom. The molecule has 0 bridgehead atoms. The first-order valence-corrected chi connectivity index (χ1v) is 11.2. The molecule has 0 atom stereocenters. The van der Waals surface area contributed by atoms with Gasteiger partial charge >= 0.3 is 69.3 Å². The summed E-state index contributed by atoms with van der Waals surface area (Å²) in [7, 11) is -3.97. The summed E-state index contributed by atoms with van der Waals surface area (Å²) < 4.78 is 45.6. The first-order chi connectivity index (χ1) is 13.8. The van der Waals surface area contributed by atoms with Crippen molar-refractivity contribution in [3.05, 3.63) is 24.3 Å². The molecule has 0 saturated heterocycles. The number of carbonyl (C=O) groups excluding carboxylic acids is 3. The van der Waals surface area contributed by atoms with Gasteiger partial charge in [-0.1, -0.05) is 32.9 Å². The molecule has 31 heavy (non-hydrogen) atoms. The molecular weight excluding hydrogens is 455 g/mol. The van der Waals surface area contributed by atoms with E-state index in [4.69, 9.17) is 18.8 Å². The Morgan fingerprint density at radius 2 is 1.35 bits per heavy atom. The Kier molecular flexibility index (Phi) is 17.0. The van der Waals surface area contributed by atoms with Crippen LogP contribution in [0.5, 0.6) is 0 Å². The third-order valence-corrected chi connectivity index (χ3v) is 5.10. The van der Waals surface area contributed by atoms with Crippen molar-refractivity contribution in [2.45, 2.75) is 52.9 Å². The number of rotatable bonds is 15. The fraction of sp³-hybridized carbons (Fsp3) is 0.650.